The minimum absolute atomic E-state index is 0.140. The molecular formula is C28H42O2. The maximum absolute atomic E-state index is 12.9. The lowest BCUT2D eigenvalue weighted by atomic mass is 9.44. The van der Waals surface area contributed by atoms with E-state index in [0.29, 0.717) is 11.0 Å². The lowest BCUT2D eigenvalue weighted by Gasteiger charge is -2.63. The van der Waals surface area contributed by atoms with Crippen molar-refractivity contribution in [3.8, 4) is 0 Å². The van der Waals surface area contributed by atoms with Crippen LogP contribution < -0.4 is 0 Å². The van der Waals surface area contributed by atoms with E-state index in [1.54, 1.807) is 0 Å². The normalized spacial score (nSPS) is 49.8. The minimum Gasteiger partial charge on any atom is -0.455 e. The Kier molecular flexibility index (Phi) is 4.38. The molecule has 0 heterocycles. The van der Waals surface area contributed by atoms with Gasteiger partial charge in [-0.05, 0) is 145 Å². The van der Waals surface area contributed by atoms with Crippen molar-refractivity contribution in [2.75, 3.05) is 0 Å². The average molecular weight is 411 g/mol. The first kappa shape index (κ1) is 19.9. The molecule has 0 aromatic carbocycles. The molecule has 8 aliphatic rings. The Balaban J connectivity index is 1.27. The second-order valence-corrected chi connectivity index (χ2v) is 13.5. The first-order valence-corrected chi connectivity index (χ1v) is 13.1. The molecule has 30 heavy (non-hydrogen) atoms. The van der Waals surface area contributed by atoms with Crippen molar-refractivity contribution in [2.45, 2.75) is 109 Å². The summed E-state index contributed by atoms with van der Waals surface area (Å²) >= 11 is 0. The van der Waals surface area contributed by atoms with Crippen molar-refractivity contribution >= 4 is 5.97 Å². The Hall–Kier alpha value is -0.790. The summed E-state index contributed by atoms with van der Waals surface area (Å²) in [6, 6.07) is 0. The Morgan fingerprint density at radius 3 is 1.63 bits per heavy atom. The summed E-state index contributed by atoms with van der Waals surface area (Å²) < 4.78 is 6.51. The van der Waals surface area contributed by atoms with E-state index in [9.17, 15) is 4.79 Å². The molecule has 8 bridgehead atoms. The first-order chi connectivity index (χ1) is 14.3. The van der Waals surface area contributed by atoms with E-state index in [1.165, 1.54) is 83.5 Å². The zero-order chi connectivity index (χ0) is 20.7. The SMILES string of the molecule is C=C(C)C(=O)OC(C)(CCC12CC3CC(CC(C3)C1)C2)C12CC3CC(CC(C3)C1)C2. The highest BCUT2D eigenvalue weighted by Crippen LogP contribution is 2.67. The molecule has 8 rings (SSSR count). The second-order valence-electron chi connectivity index (χ2n) is 13.5. The number of ether oxygens (including phenoxy) is 1. The Bertz CT molecular complexity index is 677. The topological polar surface area (TPSA) is 26.3 Å². The van der Waals surface area contributed by atoms with Crippen LogP contribution in [-0.4, -0.2) is 11.6 Å². The van der Waals surface area contributed by atoms with Crippen LogP contribution in [0, 0.1) is 46.3 Å². The number of hydrogen-bond donors (Lipinski definition) is 0. The molecular weight excluding hydrogens is 368 g/mol. The molecule has 8 aliphatic carbocycles. The largest absolute Gasteiger partial charge is 0.455 e. The predicted octanol–water partition coefficient (Wildman–Crippen LogP) is 7.08. The van der Waals surface area contributed by atoms with Gasteiger partial charge < -0.3 is 4.74 Å². The molecule has 8 fully saturated rings. The highest BCUT2D eigenvalue weighted by Gasteiger charge is 2.61. The number of esters is 1. The number of carbonyl (C=O) groups excluding carboxylic acids is 1. The summed E-state index contributed by atoms with van der Waals surface area (Å²) in [6.07, 6.45) is 19.5. The third kappa shape index (κ3) is 3.06. The van der Waals surface area contributed by atoms with Crippen LogP contribution in [0.15, 0.2) is 12.2 Å². The molecule has 0 amide bonds. The van der Waals surface area contributed by atoms with Crippen LogP contribution in [0.5, 0.6) is 0 Å². The third-order valence-corrected chi connectivity index (χ3v) is 11.1. The zero-order valence-corrected chi connectivity index (χ0v) is 19.4. The van der Waals surface area contributed by atoms with Gasteiger partial charge in [-0.3, -0.25) is 0 Å². The highest BCUT2D eigenvalue weighted by atomic mass is 16.6. The maximum atomic E-state index is 12.9. The van der Waals surface area contributed by atoms with Crippen molar-refractivity contribution in [3.63, 3.8) is 0 Å². The van der Waals surface area contributed by atoms with Crippen molar-refractivity contribution in [1.29, 1.82) is 0 Å². The van der Waals surface area contributed by atoms with Crippen LogP contribution in [0.25, 0.3) is 0 Å². The standard InChI is InChI=1S/C28H42O2/c1-18(2)25(29)30-26(3,28-15-22-9-23(16-28)11-24(10-22)17-28)4-5-27-12-19-6-20(13-27)8-21(7-19)14-27/h19-24H,1,4-17H2,2-3H3. The fraction of sp³-hybridized carbons (Fsp3) is 0.893. The van der Waals surface area contributed by atoms with Gasteiger partial charge in [0.25, 0.3) is 0 Å². The van der Waals surface area contributed by atoms with E-state index in [0.717, 1.165) is 41.9 Å². The summed E-state index contributed by atoms with van der Waals surface area (Å²) in [4.78, 5) is 12.9. The molecule has 0 aliphatic heterocycles. The van der Waals surface area contributed by atoms with Crippen molar-refractivity contribution in [2.24, 2.45) is 46.3 Å². The summed E-state index contributed by atoms with van der Waals surface area (Å²) in [6.45, 7) is 8.10. The van der Waals surface area contributed by atoms with Crippen LogP contribution in [0.4, 0.5) is 0 Å². The van der Waals surface area contributed by atoms with E-state index >= 15 is 0 Å². The van der Waals surface area contributed by atoms with Crippen LogP contribution >= 0.6 is 0 Å². The van der Waals surface area contributed by atoms with Gasteiger partial charge in [0.1, 0.15) is 5.60 Å². The molecule has 0 radical (unpaired) electrons. The Labute approximate surface area is 183 Å². The van der Waals surface area contributed by atoms with E-state index in [1.807, 2.05) is 6.92 Å². The molecule has 166 valence electrons. The Morgan fingerprint density at radius 2 is 1.23 bits per heavy atom. The fourth-order valence-corrected chi connectivity index (χ4v) is 10.6. The van der Waals surface area contributed by atoms with Gasteiger partial charge in [-0.1, -0.05) is 6.58 Å². The molecule has 0 saturated heterocycles. The minimum atomic E-state index is -0.303. The van der Waals surface area contributed by atoms with Crippen LogP contribution in [0.3, 0.4) is 0 Å². The van der Waals surface area contributed by atoms with Gasteiger partial charge >= 0.3 is 5.97 Å². The lowest BCUT2D eigenvalue weighted by molar-refractivity contribution is -0.206. The van der Waals surface area contributed by atoms with Gasteiger partial charge in [0, 0.05) is 11.0 Å². The van der Waals surface area contributed by atoms with E-state index in [4.69, 9.17) is 4.74 Å². The van der Waals surface area contributed by atoms with Crippen molar-refractivity contribution in [1.82, 2.24) is 0 Å². The zero-order valence-electron chi connectivity index (χ0n) is 19.4. The monoisotopic (exact) mass is 410 g/mol. The van der Waals surface area contributed by atoms with Crippen LogP contribution in [-0.2, 0) is 9.53 Å². The van der Waals surface area contributed by atoms with Gasteiger partial charge in [0.15, 0.2) is 0 Å². The van der Waals surface area contributed by atoms with Gasteiger partial charge in [-0.15, -0.1) is 0 Å². The average Bonchev–Trinajstić information content (AvgIpc) is 2.64. The fourth-order valence-electron chi connectivity index (χ4n) is 10.6. The molecule has 8 saturated carbocycles. The molecule has 2 heteroatoms. The smallest absolute Gasteiger partial charge is 0.333 e. The van der Waals surface area contributed by atoms with E-state index < -0.39 is 0 Å². The number of carbonyl (C=O) groups is 1. The third-order valence-electron chi connectivity index (χ3n) is 11.1. The van der Waals surface area contributed by atoms with E-state index in [2.05, 4.69) is 13.5 Å². The van der Waals surface area contributed by atoms with Gasteiger partial charge in [0.05, 0.1) is 0 Å². The lowest BCUT2D eigenvalue weighted by Crippen LogP contribution is -2.59. The highest BCUT2D eigenvalue weighted by molar-refractivity contribution is 5.87. The van der Waals surface area contributed by atoms with Crippen molar-refractivity contribution in [3.05, 3.63) is 12.2 Å². The van der Waals surface area contributed by atoms with Crippen LogP contribution in [0.1, 0.15) is 104 Å². The van der Waals surface area contributed by atoms with Crippen LogP contribution in [0.2, 0.25) is 0 Å². The summed E-state index contributed by atoms with van der Waals surface area (Å²) in [5.41, 5.74) is 1.06. The van der Waals surface area contributed by atoms with Crippen molar-refractivity contribution < 1.29 is 9.53 Å². The molecule has 0 aromatic rings. The predicted molar refractivity (Wildman–Crippen MR) is 120 cm³/mol. The number of rotatable bonds is 6. The molecule has 2 nitrogen and oxygen atoms in total. The van der Waals surface area contributed by atoms with Gasteiger partial charge in [-0.25, -0.2) is 4.79 Å². The van der Waals surface area contributed by atoms with E-state index in [-0.39, 0.29) is 17.0 Å². The van der Waals surface area contributed by atoms with Gasteiger partial charge in [0.2, 0.25) is 0 Å². The molecule has 1 atom stereocenters. The molecule has 0 spiro atoms. The molecule has 0 N–H and O–H groups in total. The first-order valence-electron chi connectivity index (χ1n) is 13.1. The quantitative estimate of drug-likeness (QED) is 0.345. The Morgan fingerprint density at radius 1 is 0.833 bits per heavy atom. The number of hydrogen-bond acceptors (Lipinski definition) is 2. The second kappa shape index (κ2) is 6.61. The maximum Gasteiger partial charge on any atom is 0.333 e. The summed E-state index contributed by atoms with van der Waals surface area (Å²) in [7, 11) is 0. The summed E-state index contributed by atoms with van der Waals surface area (Å²) in [5.74, 6) is 5.52. The molecule has 0 aromatic heterocycles. The summed E-state index contributed by atoms with van der Waals surface area (Å²) in [5, 5.41) is 0. The molecule has 1 unspecified atom stereocenters. The van der Waals surface area contributed by atoms with Gasteiger partial charge in [-0.2, -0.15) is 0 Å².